The number of benzene rings is 2. The number of esters is 1. The predicted octanol–water partition coefficient (Wildman–Crippen LogP) is 3.32. The largest absolute Gasteiger partial charge is 0.456 e. The monoisotopic (exact) mass is 377 g/mol. The van der Waals surface area contributed by atoms with Crippen LogP contribution in [0.3, 0.4) is 0 Å². The van der Waals surface area contributed by atoms with Gasteiger partial charge in [0.05, 0.1) is 0 Å². The maximum Gasteiger partial charge on any atom is 0.355 e. The highest BCUT2D eigenvalue weighted by molar-refractivity contribution is 5.97. The van der Waals surface area contributed by atoms with Crippen LogP contribution in [0, 0.1) is 6.92 Å². The van der Waals surface area contributed by atoms with E-state index in [-0.39, 0.29) is 18.2 Å². The minimum Gasteiger partial charge on any atom is -0.456 e. The molecule has 6 nitrogen and oxygen atoms in total. The average molecular weight is 377 g/mol. The molecular weight excluding hydrogens is 358 g/mol. The van der Waals surface area contributed by atoms with E-state index < -0.39 is 11.6 Å². The molecule has 0 atom stereocenters. The van der Waals surface area contributed by atoms with Crippen LogP contribution in [0.2, 0.25) is 0 Å². The van der Waals surface area contributed by atoms with Crippen molar-refractivity contribution in [2.75, 3.05) is 0 Å². The van der Waals surface area contributed by atoms with Gasteiger partial charge in [0.1, 0.15) is 17.9 Å². The van der Waals surface area contributed by atoms with Gasteiger partial charge in [-0.2, -0.15) is 0 Å². The van der Waals surface area contributed by atoms with E-state index in [4.69, 9.17) is 9.15 Å². The Morgan fingerprint density at radius 3 is 2.57 bits per heavy atom. The summed E-state index contributed by atoms with van der Waals surface area (Å²) in [5.74, 6) is -1.09. The number of carbonyl (C=O) groups excluding carboxylic acids is 2. The van der Waals surface area contributed by atoms with E-state index in [0.717, 1.165) is 11.1 Å². The van der Waals surface area contributed by atoms with Gasteiger partial charge in [0.15, 0.2) is 0 Å². The second kappa shape index (κ2) is 8.35. The summed E-state index contributed by atoms with van der Waals surface area (Å²) in [4.78, 5) is 35.8. The van der Waals surface area contributed by atoms with Crippen LogP contribution in [0.15, 0.2) is 69.5 Å². The molecule has 0 aliphatic carbocycles. The zero-order valence-corrected chi connectivity index (χ0v) is 15.5. The van der Waals surface area contributed by atoms with Gasteiger partial charge in [0.2, 0.25) is 5.91 Å². The molecular formula is C22H19NO5. The normalized spacial score (nSPS) is 11.3. The highest BCUT2D eigenvalue weighted by atomic mass is 16.5. The van der Waals surface area contributed by atoms with Crippen LogP contribution < -0.4 is 10.9 Å². The van der Waals surface area contributed by atoms with Crippen molar-refractivity contribution in [3.8, 4) is 0 Å². The number of aryl methyl sites for hydroxylation is 1. The molecule has 3 aromatic rings. The van der Waals surface area contributed by atoms with Gasteiger partial charge in [-0.1, -0.05) is 42.5 Å². The summed E-state index contributed by atoms with van der Waals surface area (Å²) in [6, 6.07) is 15.8. The average Bonchev–Trinajstić information content (AvgIpc) is 2.65. The number of carbonyl (C=O) groups is 2. The van der Waals surface area contributed by atoms with Gasteiger partial charge in [-0.3, -0.25) is 4.79 Å². The van der Waals surface area contributed by atoms with E-state index in [1.54, 1.807) is 18.2 Å². The van der Waals surface area contributed by atoms with E-state index in [9.17, 15) is 14.4 Å². The third kappa shape index (κ3) is 4.73. The second-order valence-electron chi connectivity index (χ2n) is 6.32. The number of nitrogens with one attached hydrogen (secondary N) is 1. The summed E-state index contributed by atoms with van der Waals surface area (Å²) in [6.07, 6.45) is 1.53. The Morgan fingerprint density at radius 1 is 1.11 bits per heavy atom. The number of fused-ring (bicyclic) bond motifs is 1. The maximum absolute atomic E-state index is 12.5. The van der Waals surface area contributed by atoms with Gasteiger partial charge >= 0.3 is 11.6 Å². The number of hydrogen-bond acceptors (Lipinski definition) is 5. The minimum atomic E-state index is -0.701. The fourth-order valence-corrected chi connectivity index (χ4v) is 2.73. The van der Waals surface area contributed by atoms with Gasteiger partial charge in [-0.25, -0.2) is 9.59 Å². The zero-order chi connectivity index (χ0) is 20.1. The molecule has 0 unspecified atom stereocenters. The molecule has 6 heteroatoms. The van der Waals surface area contributed by atoms with Crippen LogP contribution in [0.25, 0.3) is 17.0 Å². The lowest BCUT2D eigenvalue weighted by Gasteiger charge is -2.10. The summed E-state index contributed by atoms with van der Waals surface area (Å²) in [6.45, 7) is 3.07. The van der Waals surface area contributed by atoms with Crippen molar-refractivity contribution in [3.63, 3.8) is 0 Å². The Bertz CT molecular complexity index is 1110. The summed E-state index contributed by atoms with van der Waals surface area (Å²) in [5.41, 5.74) is 2.14. The molecule has 1 N–H and O–H groups in total. The molecule has 0 spiro atoms. The van der Waals surface area contributed by atoms with E-state index in [0.29, 0.717) is 16.5 Å². The molecule has 0 bridgehead atoms. The molecule has 0 fully saturated rings. The highest BCUT2D eigenvalue weighted by Gasteiger charge is 2.15. The fraction of sp³-hybridized carbons (Fsp3) is 0.136. The van der Waals surface area contributed by atoms with Crippen LogP contribution in [-0.4, -0.2) is 11.9 Å². The molecule has 0 radical (unpaired) electrons. The smallest absolute Gasteiger partial charge is 0.355 e. The standard InChI is InChI=1S/C22H19NO5/c1-14-8-9-18-17(12-21(25)28-20(18)10-14)13-27-22(26)19(23-15(2)24)11-16-6-4-3-5-7-16/h3-12H,13H2,1-2H3,(H,23,24). The molecule has 1 aromatic heterocycles. The Hall–Kier alpha value is -3.67. The summed E-state index contributed by atoms with van der Waals surface area (Å²) >= 11 is 0. The Balaban J connectivity index is 1.85. The molecule has 0 aliphatic heterocycles. The SMILES string of the molecule is CC(=O)NC(=Cc1ccccc1)C(=O)OCc1cc(=O)oc2cc(C)ccc12. The summed E-state index contributed by atoms with van der Waals surface area (Å²) in [5, 5.41) is 3.17. The quantitative estimate of drug-likeness (QED) is 0.419. The molecule has 1 heterocycles. The first-order chi connectivity index (χ1) is 13.4. The van der Waals surface area contributed by atoms with Crippen molar-refractivity contribution in [1.29, 1.82) is 0 Å². The molecule has 0 aliphatic rings. The summed E-state index contributed by atoms with van der Waals surface area (Å²) < 4.78 is 10.6. The van der Waals surface area contributed by atoms with Crippen LogP contribution in [0.4, 0.5) is 0 Å². The topological polar surface area (TPSA) is 85.6 Å². The number of ether oxygens (including phenoxy) is 1. The van der Waals surface area contributed by atoms with Crippen LogP contribution in [0.5, 0.6) is 0 Å². The molecule has 3 rings (SSSR count). The van der Waals surface area contributed by atoms with Gasteiger partial charge < -0.3 is 14.5 Å². The first kappa shape index (κ1) is 19.1. The van der Waals surface area contributed by atoms with Crippen LogP contribution in [-0.2, 0) is 20.9 Å². The van der Waals surface area contributed by atoms with Crippen molar-refractivity contribution in [2.24, 2.45) is 0 Å². The van der Waals surface area contributed by atoms with Gasteiger partial charge in [0.25, 0.3) is 0 Å². The van der Waals surface area contributed by atoms with E-state index in [2.05, 4.69) is 5.32 Å². The first-order valence-corrected chi connectivity index (χ1v) is 8.67. The molecule has 142 valence electrons. The molecule has 0 saturated heterocycles. The fourth-order valence-electron chi connectivity index (χ4n) is 2.73. The number of hydrogen-bond donors (Lipinski definition) is 1. The molecule has 0 saturated carbocycles. The third-order valence-corrected chi connectivity index (χ3v) is 3.99. The molecule has 1 amide bonds. The third-order valence-electron chi connectivity index (χ3n) is 3.99. The molecule has 2 aromatic carbocycles. The van der Waals surface area contributed by atoms with Crippen molar-refractivity contribution in [3.05, 3.63) is 87.4 Å². The number of rotatable bonds is 5. The van der Waals surface area contributed by atoms with E-state index in [1.165, 1.54) is 19.1 Å². The lowest BCUT2D eigenvalue weighted by Crippen LogP contribution is -2.26. The highest BCUT2D eigenvalue weighted by Crippen LogP contribution is 2.19. The van der Waals surface area contributed by atoms with E-state index >= 15 is 0 Å². The minimum absolute atomic E-state index is 0.0156. The van der Waals surface area contributed by atoms with Gasteiger partial charge in [-0.15, -0.1) is 0 Å². The van der Waals surface area contributed by atoms with Gasteiger partial charge in [-0.05, 0) is 30.2 Å². The number of amides is 1. The lowest BCUT2D eigenvalue weighted by molar-refractivity contribution is -0.141. The van der Waals surface area contributed by atoms with Crippen LogP contribution >= 0.6 is 0 Å². The van der Waals surface area contributed by atoms with Crippen molar-refractivity contribution >= 4 is 28.9 Å². The molecule has 28 heavy (non-hydrogen) atoms. The van der Waals surface area contributed by atoms with Crippen molar-refractivity contribution in [2.45, 2.75) is 20.5 Å². The summed E-state index contributed by atoms with van der Waals surface area (Å²) in [7, 11) is 0. The first-order valence-electron chi connectivity index (χ1n) is 8.67. The van der Waals surface area contributed by atoms with Crippen molar-refractivity contribution < 1.29 is 18.7 Å². The second-order valence-corrected chi connectivity index (χ2v) is 6.32. The van der Waals surface area contributed by atoms with Crippen molar-refractivity contribution in [1.82, 2.24) is 5.32 Å². The Labute approximate surface area is 161 Å². The predicted molar refractivity (Wildman–Crippen MR) is 105 cm³/mol. The Kier molecular flexibility index (Phi) is 5.69. The van der Waals surface area contributed by atoms with Crippen LogP contribution in [0.1, 0.15) is 23.6 Å². The maximum atomic E-state index is 12.5. The zero-order valence-electron chi connectivity index (χ0n) is 15.5. The van der Waals surface area contributed by atoms with Gasteiger partial charge in [0, 0.05) is 23.9 Å². The Morgan fingerprint density at radius 2 is 1.86 bits per heavy atom. The lowest BCUT2D eigenvalue weighted by atomic mass is 10.1. The van der Waals surface area contributed by atoms with E-state index in [1.807, 2.05) is 37.3 Å².